The Morgan fingerprint density at radius 2 is 1.72 bits per heavy atom. The topological polar surface area (TPSA) is 77.5 Å². The lowest BCUT2D eigenvalue weighted by Gasteiger charge is -2.56. The molecule has 0 aromatic heterocycles. The Labute approximate surface area is 213 Å². The fourth-order valence-electron chi connectivity index (χ4n) is 8.39. The van der Waals surface area contributed by atoms with Gasteiger partial charge in [-0.05, 0) is 93.4 Å². The number of carbonyl (C=O) groups is 4. The second-order valence-corrected chi connectivity index (χ2v) is 11.3. The van der Waals surface area contributed by atoms with Crippen molar-refractivity contribution < 1.29 is 23.9 Å². The van der Waals surface area contributed by atoms with Crippen LogP contribution in [0.2, 0.25) is 0 Å². The van der Waals surface area contributed by atoms with Crippen molar-refractivity contribution in [2.24, 2.45) is 17.3 Å². The minimum Gasteiger partial charge on any atom is -0.451 e. The van der Waals surface area contributed by atoms with Gasteiger partial charge >= 0.3 is 5.97 Å². The number of hydrogen-bond donors (Lipinski definition) is 0. The summed E-state index contributed by atoms with van der Waals surface area (Å²) in [5.74, 6) is 0.374. The molecule has 0 heterocycles. The molecular weight excluding hydrogens is 452 g/mol. The highest BCUT2D eigenvalue weighted by molar-refractivity contribution is 5.94. The molecule has 5 heteroatoms. The van der Waals surface area contributed by atoms with Gasteiger partial charge in [-0.1, -0.05) is 36.8 Å². The van der Waals surface area contributed by atoms with Crippen molar-refractivity contribution in [3.8, 4) is 0 Å². The van der Waals surface area contributed by atoms with Crippen LogP contribution in [0.25, 0.3) is 0 Å². The molecule has 4 aliphatic carbocycles. The molecule has 4 aliphatic rings. The van der Waals surface area contributed by atoms with Crippen LogP contribution in [0, 0.1) is 17.3 Å². The summed E-state index contributed by atoms with van der Waals surface area (Å²) >= 11 is 0. The molecule has 5 nitrogen and oxygen atoms in total. The summed E-state index contributed by atoms with van der Waals surface area (Å²) in [6, 6.07) is 7.90. The number of esters is 1. The van der Waals surface area contributed by atoms with Gasteiger partial charge in [0, 0.05) is 30.2 Å². The number of allylic oxidation sites excluding steroid dienone is 4. The van der Waals surface area contributed by atoms with E-state index in [1.165, 1.54) is 23.6 Å². The number of benzene rings is 1. The Balaban J connectivity index is 1.72. The molecule has 190 valence electrons. The van der Waals surface area contributed by atoms with Crippen molar-refractivity contribution in [1.29, 1.82) is 0 Å². The standard InChI is InChI=1S/C31H36O5/c1-5-30-17-27(22-8-6-21(7-9-22)18(2)32)29-25-13-11-24(35)16-23(25)10-12-26(29)28(30)14-15-31(30,19(3)33)36-20(4)34/h6-9,16,26-28H,5,10-15,17H2,1-4H3/t26-,27+,28-,30-,31-/m0/s1. The predicted octanol–water partition coefficient (Wildman–Crippen LogP) is 6.07. The Morgan fingerprint density at radius 1 is 1.00 bits per heavy atom. The molecule has 0 spiro atoms. The van der Waals surface area contributed by atoms with Crippen molar-refractivity contribution in [1.82, 2.24) is 0 Å². The van der Waals surface area contributed by atoms with E-state index in [4.69, 9.17) is 4.74 Å². The van der Waals surface area contributed by atoms with E-state index >= 15 is 0 Å². The van der Waals surface area contributed by atoms with Gasteiger partial charge < -0.3 is 4.74 Å². The monoisotopic (exact) mass is 488 g/mol. The van der Waals surface area contributed by atoms with Gasteiger partial charge in [0.15, 0.2) is 23.0 Å². The largest absolute Gasteiger partial charge is 0.451 e. The molecule has 0 radical (unpaired) electrons. The summed E-state index contributed by atoms with van der Waals surface area (Å²) in [6.07, 6.45) is 7.89. The van der Waals surface area contributed by atoms with E-state index < -0.39 is 17.0 Å². The number of rotatable bonds is 5. The van der Waals surface area contributed by atoms with Gasteiger partial charge in [0.05, 0.1) is 0 Å². The first-order valence-electron chi connectivity index (χ1n) is 13.4. The van der Waals surface area contributed by atoms with E-state index in [-0.39, 0.29) is 35.1 Å². The molecule has 1 aromatic rings. The fraction of sp³-hybridized carbons (Fsp3) is 0.548. The lowest BCUT2D eigenvalue weighted by molar-refractivity contribution is -0.185. The summed E-state index contributed by atoms with van der Waals surface area (Å²) in [6.45, 7) is 6.71. The fourth-order valence-corrected chi connectivity index (χ4v) is 8.39. The number of ketones is 3. The number of Topliss-reactive ketones (excluding diaryl/α,β-unsaturated/α-hetero) is 2. The molecule has 0 amide bonds. The second kappa shape index (κ2) is 8.93. The van der Waals surface area contributed by atoms with Gasteiger partial charge in [0.25, 0.3) is 0 Å². The quantitative estimate of drug-likeness (QED) is 0.371. The van der Waals surface area contributed by atoms with Crippen LogP contribution in [-0.4, -0.2) is 28.9 Å². The Morgan fingerprint density at radius 3 is 2.33 bits per heavy atom. The van der Waals surface area contributed by atoms with E-state index in [1.54, 1.807) is 13.8 Å². The van der Waals surface area contributed by atoms with Crippen LogP contribution in [0.5, 0.6) is 0 Å². The molecule has 0 aliphatic heterocycles. The molecule has 5 rings (SSSR count). The van der Waals surface area contributed by atoms with Crippen LogP contribution in [0.3, 0.4) is 0 Å². The maximum absolute atomic E-state index is 13.3. The van der Waals surface area contributed by atoms with Crippen LogP contribution in [0.15, 0.2) is 47.1 Å². The van der Waals surface area contributed by atoms with Crippen molar-refractivity contribution in [2.75, 3.05) is 0 Å². The summed E-state index contributed by atoms with van der Waals surface area (Å²) < 4.78 is 6.05. The molecular formula is C31H36O5. The van der Waals surface area contributed by atoms with Crippen LogP contribution in [0.4, 0.5) is 0 Å². The summed E-state index contributed by atoms with van der Waals surface area (Å²) in [4.78, 5) is 49.9. The minimum atomic E-state index is -1.11. The van der Waals surface area contributed by atoms with Gasteiger partial charge in [-0.2, -0.15) is 0 Å². The maximum atomic E-state index is 13.3. The smallest absolute Gasteiger partial charge is 0.303 e. The Kier molecular flexibility index (Phi) is 6.17. The van der Waals surface area contributed by atoms with E-state index in [1.807, 2.05) is 18.2 Å². The second-order valence-electron chi connectivity index (χ2n) is 11.3. The summed E-state index contributed by atoms with van der Waals surface area (Å²) in [5.41, 5.74) is 4.19. The SMILES string of the molecule is CC[C@]12C[C@H](c3ccc(C(C)=O)cc3)C3=C4CCC(=O)C=C4CC[C@H]3[C@@H]1CC[C@]2(OC(C)=O)C(C)=O. The van der Waals surface area contributed by atoms with Gasteiger partial charge in [-0.25, -0.2) is 0 Å². The molecule has 5 atom stereocenters. The molecule has 0 saturated heterocycles. The van der Waals surface area contributed by atoms with Crippen LogP contribution in [0.1, 0.15) is 101 Å². The normalized spacial score (nSPS) is 33.3. The highest BCUT2D eigenvalue weighted by Crippen LogP contribution is 2.69. The van der Waals surface area contributed by atoms with Crippen molar-refractivity contribution >= 4 is 23.3 Å². The van der Waals surface area contributed by atoms with Gasteiger partial charge in [-0.3, -0.25) is 19.2 Å². The zero-order valence-corrected chi connectivity index (χ0v) is 21.8. The highest BCUT2D eigenvalue weighted by Gasteiger charge is 2.68. The van der Waals surface area contributed by atoms with Crippen molar-refractivity contribution in [3.05, 3.63) is 58.2 Å². The molecule has 2 fully saturated rings. The lowest BCUT2D eigenvalue weighted by atomic mass is 9.49. The first-order valence-corrected chi connectivity index (χ1v) is 13.4. The van der Waals surface area contributed by atoms with Crippen LogP contribution >= 0.6 is 0 Å². The maximum Gasteiger partial charge on any atom is 0.303 e. The average Bonchev–Trinajstić information content (AvgIpc) is 3.18. The molecule has 0 bridgehead atoms. The summed E-state index contributed by atoms with van der Waals surface area (Å²) in [5, 5.41) is 0. The molecule has 0 unspecified atom stereocenters. The Bertz CT molecular complexity index is 1200. The van der Waals surface area contributed by atoms with Gasteiger partial charge in [0.1, 0.15) is 0 Å². The molecule has 2 saturated carbocycles. The summed E-state index contributed by atoms with van der Waals surface area (Å²) in [7, 11) is 0. The number of hydrogen-bond acceptors (Lipinski definition) is 5. The van der Waals surface area contributed by atoms with Gasteiger partial charge in [-0.15, -0.1) is 0 Å². The first kappa shape index (κ1) is 24.9. The lowest BCUT2D eigenvalue weighted by Crippen LogP contribution is -2.58. The zero-order chi connectivity index (χ0) is 25.8. The first-order chi connectivity index (χ1) is 17.1. The number of ether oxygens (including phenoxy) is 1. The molecule has 36 heavy (non-hydrogen) atoms. The van der Waals surface area contributed by atoms with Crippen LogP contribution in [-0.2, 0) is 19.1 Å². The Hall–Kier alpha value is -2.82. The highest BCUT2D eigenvalue weighted by atomic mass is 16.6. The third kappa shape index (κ3) is 3.57. The zero-order valence-electron chi connectivity index (χ0n) is 21.8. The van der Waals surface area contributed by atoms with Crippen molar-refractivity contribution in [3.63, 3.8) is 0 Å². The number of fused-ring (bicyclic) bond motifs is 4. The van der Waals surface area contributed by atoms with E-state index in [9.17, 15) is 19.2 Å². The third-order valence-corrected chi connectivity index (χ3v) is 9.80. The minimum absolute atomic E-state index is 0.0325. The average molecular weight is 489 g/mol. The molecule has 0 N–H and O–H groups in total. The van der Waals surface area contributed by atoms with Gasteiger partial charge in [0.2, 0.25) is 0 Å². The van der Waals surface area contributed by atoms with Crippen molar-refractivity contribution in [2.45, 2.75) is 90.6 Å². The molecule has 1 aromatic carbocycles. The number of carbonyl (C=O) groups excluding carboxylic acids is 4. The predicted molar refractivity (Wildman–Crippen MR) is 137 cm³/mol. The van der Waals surface area contributed by atoms with E-state index in [2.05, 4.69) is 19.1 Å². The third-order valence-electron chi connectivity index (χ3n) is 9.80. The van der Waals surface area contributed by atoms with Crippen LogP contribution < -0.4 is 0 Å². The van der Waals surface area contributed by atoms with E-state index in [0.29, 0.717) is 18.4 Å². The van der Waals surface area contributed by atoms with E-state index in [0.717, 1.165) is 44.1 Å².